The van der Waals surface area contributed by atoms with Crippen LogP contribution in [0.25, 0.3) is 0 Å². The Morgan fingerprint density at radius 3 is 2.50 bits per heavy atom. The van der Waals surface area contributed by atoms with Crippen LogP contribution in [0, 0.1) is 17.3 Å². The molecule has 5 saturated heterocycles. The smallest absolute Gasteiger partial charge is 0.0512 e. The van der Waals surface area contributed by atoms with E-state index in [0.717, 1.165) is 30.0 Å². The molecule has 3 heteroatoms. The minimum atomic E-state index is 0.626. The fraction of sp³-hybridized carbons (Fsp3) is 1.00. The maximum absolute atomic E-state index is 3.00. The first-order valence-corrected chi connectivity index (χ1v) is 11.1. The van der Waals surface area contributed by atoms with E-state index in [2.05, 4.69) is 14.7 Å². The molecule has 134 valence electrons. The molecular weight excluding hydrogens is 294 g/mol. The van der Waals surface area contributed by atoms with E-state index in [1.54, 1.807) is 19.3 Å². The van der Waals surface area contributed by atoms with E-state index in [1.165, 1.54) is 77.8 Å². The van der Waals surface area contributed by atoms with Gasteiger partial charge in [-0.25, -0.2) is 0 Å². The molecule has 0 amide bonds. The zero-order valence-corrected chi connectivity index (χ0v) is 15.3. The van der Waals surface area contributed by atoms with Crippen LogP contribution in [-0.4, -0.2) is 65.7 Å². The van der Waals surface area contributed by atoms with Gasteiger partial charge < -0.3 is 0 Å². The molecule has 1 saturated carbocycles. The summed E-state index contributed by atoms with van der Waals surface area (Å²) in [5.41, 5.74) is 0.626. The Bertz CT molecular complexity index is 507. The first-order chi connectivity index (χ1) is 11.9. The zero-order valence-electron chi connectivity index (χ0n) is 15.3. The van der Waals surface area contributed by atoms with E-state index in [-0.39, 0.29) is 0 Å². The fourth-order valence-electron chi connectivity index (χ4n) is 8.53. The summed E-state index contributed by atoms with van der Waals surface area (Å²) in [5, 5.41) is 0. The number of hydrogen-bond acceptors (Lipinski definition) is 3. The van der Waals surface area contributed by atoms with Gasteiger partial charge in [0.15, 0.2) is 0 Å². The molecule has 1 aliphatic carbocycles. The van der Waals surface area contributed by atoms with Crippen molar-refractivity contribution in [1.82, 2.24) is 14.7 Å². The SMILES string of the molecule is C1CCN2C[C@]34CC(C[C@@H]5CCCN(CN6CCCC[C@@H]63)[C@H]54)[C@H]2C1. The Hall–Kier alpha value is -0.120. The number of rotatable bonds is 0. The van der Waals surface area contributed by atoms with Crippen molar-refractivity contribution in [3.8, 4) is 0 Å². The molecule has 24 heavy (non-hydrogen) atoms. The molecule has 0 aromatic carbocycles. The van der Waals surface area contributed by atoms with Crippen molar-refractivity contribution >= 4 is 0 Å². The van der Waals surface area contributed by atoms with Crippen molar-refractivity contribution in [2.24, 2.45) is 17.3 Å². The van der Waals surface area contributed by atoms with Crippen LogP contribution in [0.1, 0.15) is 64.2 Å². The third-order valence-corrected chi connectivity index (χ3v) is 9.04. The Morgan fingerprint density at radius 2 is 1.54 bits per heavy atom. The summed E-state index contributed by atoms with van der Waals surface area (Å²) in [6.07, 6.45) is 15.1. The van der Waals surface area contributed by atoms with E-state index in [9.17, 15) is 0 Å². The summed E-state index contributed by atoms with van der Waals surface area (Å²) in [7, 11) is 0. The predicted octanol–water partition coefficient (Wildman–Crippen LogP) is 3.16. The van der Waals surface area contributed by atoms with Gasteiger partial charge in [-0.05, 0) is 82.8 Å². The third-order valence-electron chi connectivity index (χ3n) is 9.04. The maximum atomic E-state index is 3.00. The average molecular weight is 330 g/mol. The summed E-state index contributed by atoms with van der Waals surface area (Å²) >= 11 is 0. The van der Waals surface area contributed by atoms with Crippen molar-refractivity contribution < 1.29 is 0 Å². The second-order valence-corrected chi connectivity index (χ2v) is 10.1. The van der Waals surface area contributed by atoms with Gasteiger partial charge in [0.05, 0.1) is 6.67 Å². The molecule has 2 bridgehead atoms. The molecule has 5 heterocycles. The molecule has 5 aliphatic heterocycles. The third kappa shape index (κ3) is 1.95. The lowest BCUT2D eigenvalue weighted by Crippen LogP contribution is -2.77. The molecule has 6 fully saturated rings. The Balaban J connectivity index is 1.43. The highest BCUT2D eigenvalue weighted by Crippen LogP contribution is 2.59. The quantitative estimate of drug-likeness (QED) is 0.676. The van der Waals surface area contributed by atoms with Gasteiger partial charge in [-0.3, -0.25) is 14.7 Å². The van der Waals surface area contributed by atoms with E-state index < -0.39 is 0 Å². The summed E-state index contributed by atoms with van der Waals surface area (Å²) < 4.78 is 0. The van der Waals surface area contributed by atoms with E-state index in [1.807, 2.05) is 0 Å². The van der Waals surface area contributed by atoms with Crippen molar-refractivity contribution in [2.75, 3.05) is 32.8 Å². The summed E-state index contributed by atoms with van der Waals surface area (Å²) in [6, 6.07) is 2.81. The van der Waals surface area contributed by atoms with Crippen LogP contribution in [0.3, 0.4) is 0 Å². The second-order valence-electron chi connectivity index (χ2n) is 10.1. The Morgan fingerprint density at radius 1 is 0.708 bits per heavy atom. The van der Waals surface area contributed by atoms with Gasteiger partial charge in [-0.2, -0.15) is 0 Å². The lowest BCUT2D eigenvalue weighted by Gasteiger charge is -2.70. The molecule has 6 rings (SSSR count). The predicted molar refractivity (Wildman–Crippen MR) is 96.8 cm³/mol. The van der Waals surface area contributed by atoms with Gasteiger partial charge in [0, 0.05) is 30.1 Å². The highest BCUT2D eigenvalue weighted by molar-refractivity contribution is 5.16. The minimum Gasteiger partial charge on any atom is -0.299 e. The summed E-state index contributed by atoms with van der Waals surface area (Å²) in [6.45, 7) is 6.94. The molecular formula is C21H35N3. The molecule has 6 aliphatic rings. The first-order valence-electron chi connectivity index (χ1n) is 11.1. The second kappa shape index (κ2) is 5.44. The highest BCUT2D eigenvalue weighted by Gasteiger charge is 2.63. The van der Waals surface area contributed by atoms with Crippen molar-refractivity contribution in [3.05, 3.63) is 0 Å². The van der Waals surface area contributed by atoms with Crippen LogP contribution >= 0.6 is 0 Å². The molecule has 6 atom stereocenters. The van der Waals surface area contributed by atoms with E-state index in [0.29, 0.717) is 5.41 Å². The van der Waals surface area contributed by atoms with E-state index >= 15 is 0 Å². The van der Waals surface area contributed by atoms with Crippen LogP contribution in [0.5, 0.6) is 0 Å². The molecule has 0 aromatic rings. The largest absolute Gasteiger partial charge is 0.299 e. The standard InChI is InChI=1S/C21H35N3/c1-3-9-22-14-21-13-17(18(22)7-1)12-16-6-5-11-24(20(16)21)15-23-10-4-2-8-19(21)23/h16-20H,1-15H2/t16-,17?,18+,19+,20+,21+/m0/s1. The molecule has 1 spiro atoms. The molecule has 3 nitrogen and oxygen atoms in total. The van der Waals surface area contributed by atoms with Gasteiger partial charge in [-0.1, -0.05) is 12.8 Å². The topological polar surface area (TPSA) is 9.72 Å². The summed E-state index contributed by atoms with van der Waals surface area (Å²) in [4.78, 5) is 8.91. The van der Waals surface area contributed by atoms with Crippen LogP contribution in [-0.2, 0) is 0 Å². The van der Waals surface area contributed by atoms with Crippen LogP contribution < -0.4 is 0 Å². The monoisotopic (exact) mass is 329 g/mol. The maximum Gasteiger partial charge on any atom is 0.0512 e. The first kappa shape index (κ1) is 15.0. The molecule has 1 unspecified atom stereocenters. The van der Waals surface area contributed by atoms with Crippen LogP contribution in [0.4, 0.5) is 0 Å². The average Bonchev–Trinajstić information content (AvgIpc) is 2.62. The molecule has 0 aromatic heterocycles. The molecule has 0 N–H and O–H groups in total. The lowest BCUT2D eigenvalue weighted by molar-refractivity contribution is -0.215. The van der Waals surface area contributed by atoms with Crippen LogP contribution in [0.15, 0.2) is 0 Å². The number of piperidine rings is 4. The van der Waals surface area contributed by atoms with Gasteiger partial charge in [-0.15, -0.1) is 0 Å². The van der Waals surface area contributed by atoms with E-state index in [4.69, 9.17) is 0 Å². The Kier molecular flexibility index (Phi) is 3.40. The number of hydrogen-bond donors (Lipinski definition) is 0. The van der Waals surface area contributed by atoms with Gasteiger partial charge in [0.25, 0.3) is 0 Å². The summed E-state index contributed by atoms with van der Waals surface area (Å²) in [5.74, 6) is 2.06. The molecule has 0 radical (unpaired) electrons. The minimum absolute atomic E-state index is 0.626. The van der Waals surface area contributed by atoms with Gasteiger partial charge in [0.2, 0.25) is 0 Å². The van der Waals surface area contributed by atoms with Gasteiger partial charge in [0.1, 0.15) is 0 Å². The van der Waals surface area contributed by atoms with Crippen molar-refractivity contribution in [1.29, 1.82) is 0 Å². The van der Waals surface area contributed by atoms with Crippen LogP contribution in [0.2, 0.25) is 0 Å². The fourth-order valence-corrected chi connectivity index (χ4v) is 8.53. The lowest BCUT2D eigenvalue weighted by atomic mass is 9.51. The normalized spacial score (nSPS) is 52.2. The van der Waals surface area contributed by atoms with Gasteiger partial charge >= 0.3 is 0 Å². The highest BCUT2D eigenvalue weighted by atomic mass is 15.4. The number of fused-ring (bicyclic) bond motifs is 4. The Labute approximate surface area is 147 Å². The number of nitrogens with zero attached hydrogens (tertiary/aromatic N) is 3. The zero-order chi connectivity index (χ0) is 15.7. The van der Waals surface area contributed by atoms with Crippen molar-refractivity contribution in [3.63, 3.8) is 0 Å². The van der Waals surface area contributed by atoms with Crippen molar-refractivity contribution in [2.45, 2.75) is 82.3 Å².